The highest BCUT2D eigenvalue weighted by Gasteiger charge is 2.32. The van der Waals surface area contributed by atoms with Crippen LogP contribution in [-0.4, -0.2) is 22.1 Å². The quantitative estimate of drug-likeness (QED) is 0.830. The van der Waals surface area contributed by atoms with Gasteiger partial charge in [-0.15, -0.1) is 0 Å². The minimum absolute atomic E-state index is 0.109. The number of hydrogen-bond donors (Lipinski definition) is 1. The van der Waals surface area contributed by atoms with E-state index in [4.69, 9.17) is 4.74 Å². The molecule has 1 atom stereocenters. The average molecular weight is 355 g/mol. The van der Waals surface area contributed by atoms with Crippen LogP contribution in [0.15, 0.2) is 53.4 Å². The second kappa shape index (κ2) is 7.38. The molecular formula is C17H19F2NO3S. The maximum Gasteiger partial charge on any atom is 0.243 e. The first-order chi connectivity index (χ1) is 11.3. The number of halogens is 2. The van der Waals surface area contributed by atoms with Gasteiger partial charge >= 0.3 is 0 Å². The molecule has 0 amide bonds. The molecule has 2 aromatic carbocycles. The minimum atomic E-state index is -4.22. The van der Waals surface area contributed by atoms with Crippen molar-refractivity contribution in [2.24, 2.45) is 0 Å². The fourth-order valence-electron chi connectivity index (χ4n) is 2.48. The first-order valence-corrected chi connectivity index (χ1v) is 8.88. The largest absolute Gasteiger partial charge is 0.372 e. The molecule has 4 nitrogen and oxygen atoms in total. The molecule has 24 heavy (non-hydrogen) atoms. The minimum Gasteiger partial charge on any atom is -0.372 e. The van der Waals surface area contributed by atoms with E-state index in [0.29, 0.717) is 12.5 Å². The summed E-state index contributed by atoms with van der Waals surface area (Å²) in [6.45, 7) is 1.75. The van der Waals surface area contributed by atoms with Gasteiger partial charge in [-0.1, -0.05) is 37.3 Å². The molecule has 0 spiro atoms. The van der Waals surface area contributed by atoms with Crippen molar-refractivity contribution in [1.82, 2.24) is 4.72 Å². The van der Waals surface area contributed by atoms with E-state index in [0.717, 1.165) is 17.7 Å². The smallest absolute Gasteiger partial charge is 0.243 e. The molecule has 0 fully saturated rings. The van der Waals surface area contributed by atoms with Crippen LogP contribution in [0.2, 0.25) is 0 Å². The SMILES string of the molecule is CCC(CNS(=O)(=O)c1cc(F)ccc1F)(OC)c1ccccc1. The van der Waals surface area contributed by atoms with Gasteiger partial charge in [-0.2, -0.15) is 0 Å². The van der Waals surface area contributed by atoms with Crippen LogP contribution in [-0.2, 0) is 20.4 Å². The van der Waals surface area contributed by atoms with Crippen molar-refractivity contribution in [3.63, 3.8) is 0 Å². The van der Waals surface area contributed by atoms with Crippen molar-refractivity contribution in [3.8, 4) is 0 Å². The summed E-state index contributed by atoms with van der Waals surface area (Å²) >= 11 is 0. The van der Waals surface area contributed by atoms with Crippen LogP contribution in [0.25, 0.3) is 0 Å². The van der Waals surface area contributed by atoms with Gasteiger partial charge in [-0.25, -0.2) is 21.9 Å². The lowest BCUT2D eigenvalue weighted by molar-refractivity contribution is -0.0133. The second-order valence-electron chi connectivity index (χ2n) is 5.32. The highest BCUT2D eigenvalue weighted by Crippen LogP contribution is 2.29. The number of sulfonamides is 1. The highest BCUT2D eigenvalue weighted by atomic mass is 32.2. The lowest BCUT2D eigenvalue weighted by Gasteiger charge is -2.32. The molecule has 0 heterocycles. The van der Waals surface area contributed by atoms with Crippen molar-refractivity contribution in [1.29, 1.82) is 0 Å². The Morgan fingerprint density at radius 3 is 2.38 bits per heavy atom. The van der Waals surface area contributed by atoms with Crippen LogP contribution >= 0.6 is 0 Å². The summed E-state index contributed by atoms with van der Waals surface area (Å²) in [6.07, 6.45) is 0.488. The van der Waals surface area contributed by atoms with Crippen LogP contribution in [0.3, 0.4) is 0 Å². The van der Waals surface area contributed by atoms with Gasteiger partial charge in [0.2, 0.25) is 10.0 Å². The summed E-state index contributed by atoms with van der Waals surface area (Å²) in [5.41, 5.74) is -0.115. The Balaban J connectivity index is 2.31. The monoisotopic (exact) mass is 355 g/mol. The summed E-state index contributed by atoms with van der Waals surface area (Å²) in [5, 5.41) is 0. The fraction of sp³-hybridized carbons (Fsp3) is 0.294. The predicted octanol–water partition coefficient (Wildman–Crippen LogP) is 3.20. The average Bonchev–Trinajstić information content (AvgIpc) is 2.59. The highest BCUT2D eigenvalue weighted by molar-refractivity contribution is 7.89. The number of methoxy groups -OCH3 is 1. The van der Waals surface area contributed by atoms with Crippen molar-refractivity contribution < 1.29 is 21.9 Å². The zero-order valence-corrected chi connectivity index (χ0v) is 14.2. The van der Waals surface area contributed by atoms with Gasteiger partial charge in [0.1, 0.15) is 22.1 Å². The fourth-order valence-corrected chi connectivity index (χ4v) is 3.65. The summed E-state index contributed by atoms with van der Waals surface area (Å²) in [6, 6.07) is 11.4. The number of rotatable bonds is 7. The normalized spacial score (nSPS) is 14.3. The summed E-state index contributed by atoms with van der Waals surface area (Å²) in [5.74, 6) is -1.84. The number of nitrogens with one attached hydrogen (secondary N) is 1. The first kappa shape index (κ1) is 18.5. The van der Waals surface area contributed by atoms with Crippen LogP contribution < -0.4 is 4.72 Å². The standard InChI is InChI=1S/C17H19F2NO3S/c1-3-17(23-2,13-7-5-4-6-8-13)12-20-24(21,22)16-11-14(18)9-10-15(16)19/h4-11,20H,3,12H2,1-2H3. The Morgan fingerprint density at radius 1 is 1.12 bits per heavy atom. The Hall–Kier alpha value is -1.83. The lowest BCUT2D eigenvalue weighted by atomic mass is 9.91. The second-order valence-corrected chi connectivity index (χ2v) is 7.05. The van der Waals surface area contributed by atoms with E-state index in [2.05, 4.69) is 4.72 Å². The lowest BCUT2D eigenvalue weighted by Crippen LogP contribution is -2.42. The van der Waals surface area contributed by atoms with Crippen LogP contribution in [0.1, 0.15) is 18.9 Å². The molecule has 0 aliphatic carbocycles. The van der Waals surface area contributed by atoms with E-state index in [1.807, 2.05) is 37.3 Å². The molecular weight excluding hydrogens is 336 g/mol. The van der Waals surface area contributed by atoms with E-state index in [1.165, 1.54) is 7.11 Å². The Kier molecular flexibility index (Phi) is 5.69. The summed E-state index contributed by atoms with van der Waals surface area (Å²) in [4.78, 5) is -0.725. The van der Waals surface area contributed by atoms with E-state index in [1.54, 1.807) is 0 Å². The molecule has 0 radical (unpaired) electrons. The zero-order valence-electron chi connectivity index (χ0n) is 13.4. The van der Waals surface area contributed by atoms with Crippen LogP contribution in [0, 0.1) is 11.6 Å². The third-order valence-electron chi connectivity index (χ3n) is 3.99. The van der Waals surface area contributed by atoms with Crippen molar-refractivity contribution in [3.05, 3.63) is 65.7 Å². The third kappa shape index (κ3) is 3.80. The molecule has 0 bridgehead atoms. The Labute approximate surface area is 140 Å². The van der Waals surface area contributed by atoms with E-state index in [9.17, 15) is 17.2 Å². The van der Waals surface area contributed by atoms with Gasteiger partial charge in [0.05, 0.1) is 0 Å². The van der Waals surface area contributed by atoms with Gasteiger partial charge in [-0.05, 0) is 30.2 Å². The summed E-state index contributed by atoms with van der Waals surface area (Å²) < 4.78 is 59.6. The number of benzene rings is 2. The maximum atomic E-state index is 13.8. The van der Waals surface area contributed by atoms with Crippen LogP contribution in [0.4, 0.5) is 8.78 Å². The maximum absolute atomic E-state index is 13.8. The van der Waals surface area contributed by atoms with Crippen LogP contribution in [0.5, 0.6) is 0 Å². The first-order valence-electron chi connectivity index (χ1n) is 7.40. The van der Waals surface area contributed by atoms with E-state index < -0.39 is 32.2 Å². The molecule has 7 heteroatoms. The summed E-state index contributed by atoms with van der Waals surface area (Å²) in [7, 11) is -2.74. The molecule has 1 N–H and O–H groups in total. The van der Waals surface area contributed by atoms with Gasteiger partial charge in [0.25, 0.3) is 0 Å². The predicted molar refractivity (Wildman–Crippen MR) is 87.0 cm³/mol. The van der Waals surface area contributed by atoms with Gasteiger partial charge in [0, 0.05) is 13.7 Å². The molecule has 1 unspecified atom stereocenters. The van der Waals surface area contributed by atoms with E-state index in [-0.39, 0.29) is 6.54 Å². The van der Waals surface area contributed by atoms with Gasteiger partial charge in [0.15, 0.2) is 0 Å². The molecule has 2 aromatic rings. The molecule has 0 saturated carbocycles. The molecule has 0 aromatic heterocycles. The van der Waals surface area contributed by atoms with E-state index >= 15 is 0 Å². The number of ether oxygens (including phenoxy) is 1. The molecule has 0 saturated heterocycles. The van der Waals surface area contributed by atoms with Gasteiger partial charge < -0.3 is 4.74 Å². The van der Waals surface area contributed by atoms with Crippen molar-refractivity contribution in [2.75, 3.05) is 13.7 Å². The van der Waals surface area contributed by atoms with Crippen molar-refractivity contribution in [2.45, 2.75) is 23.8 Å². The zero-order chi connectivity index (χ0) is 17.8. The topological polar surface area (TPSA) is 55.4 Å². The van der Waals surface area contributed by atoms with Gasteiger partial charge in [-0.3, -0.25) is 0 Å². The molecule has 0 aliphatic heterocycles. The molecule has 2 rings (SSSR count). The Bertz CT molecular complexity index is 791. The Morgan fingerprint density at radius 2 is 1.79 bits per heavy atom. The molecule has 0 aliphatic rings. The number of hydrogen-bond acceptors (Lipinski definition) is 3. The third-order valence-corrected chi connectivity index (χ3v) is 5.41. The molecule has 130 valence electrons. The van der Waals surface area contributed by atoms with Crippen molar-refractivity contribution >= 4 is 10.0 Å².